The number of hydrogen-bond donors (Lipinski definition) is 0. The van der Waals surface area contributed by atoms with Gasteiger partial charge in [-0.2, -0.15) is 0 Å². The highest BCUT2D eigenvalue weighted by Gasteiger charge is 2.58. The van der Waals surface area contributed by atoms with Crippen molar-refractivity contribution >= 4 is 24.0 Å². The van der Waals surface area contributed by atoms with Crippen LogP contribution in [0.2, 0.25) is 19.6 Å². The predicted octanol–water partition coefficient (Wildman–Crippen LogP) is 3.54. The normalized spacial score (nSPS) is 37.9. The molecule has 3 fully saturated rings. The van der Waals surface area contributed by atoms with E-state index < -0.39 is 19.6 Å². The zero-order valence-electron chi connectivity index (χ0n) is 15.9. The molecule has 7 heteroatoms. The standard InChI is InChI=1S/C18H27BrO5Si/c1-17(2)20-10-12(22-17)14-16-15(23-18(3,4)24-16)13(21-14)11(19)8-9-25(5,6)7/h12,14-16H,10H2,1-7H3/b13-11+/t12-,14-,15-,16+/m1/s1. The first-order valence-corrected chi connectivity index (χ1v) is 12.9. The molecule has 0 bridgehead atoms. The molecule has 3 aliphatic rings. The number of ether oxygens (including phenoxy) is 5. The van der Waals surface area contributed by atoms with Crippen molar-refractivity contribution in [3.63, 3.8) is 0 Å². The molecule has 0 aliphatic carbocycles. The Balaban J connectivity index is 1.89. The van der Waals surface area contributed by atoms with Crippen molar-refractivity contribution < 1.29 is 23.7 Å². The monoisotopic (exact) mass is 430 g/mol. The Morgan fingerprint density at radius 3 is 2.28 bits per heavy atom. The largest absolute Gasteiger partial charge is 0.484 e. The van der Waals surface area contributed by atoms with E-state index in [2.05, 4.69) is 47.0 Å². The summed E-state index contributed by atoms with van der Waals surface area (Å²) in [5.41, 5.74) is 3.35. The summed E-state index contributed by atoms with van der Waals surface area (Å²) < 4.78 is 30.9. The van der Waals surface area contributed by atoms with Crippen LogP contribution in [0, 0.1) is 11.5 Å². The highest BCUT2D eigenvalue weighted by molar-refractivity contribution is 9.12. The van der Waals surface area contributed by atoms with E-state index in [-0.39, 0.29) is 24.4 Å². The van der Waals surface area contributed by atoms with Crippen LogP contribution >= 0.6 is 15.9 Å². The Kier molecular flexibility index (Phi) is 4.94. The Hall–Kier alpha value is -0.363. The van der Waals surface area contributed by atoms with Crippen LogP contribution < -0.4 is 0 Å². The van der Waals surface area contributed by atoms with Crippen LogP contribution in [-0.4, -0.2) is 50.7 Å². The maximum absolute atomic E-state index is 6.22. The third kappa shape index (κ3) is 4.32. The molecule has 3 rings (SSSR count). The Bertz CT molecular complexity index is 640. The van der Waals surface area contributed by atoms with Gasteiger partial charge in [0.2, 0.25) is 0 Å². The molecule has 0 N–H and O–H groups in total. The van der Waals surface area contributed by atoms with Crippen molar-refractivity contribution in [2.45, 2.75) is 83.3 Å². The van der Waals surface area contributed by atoms with Gasteiger partial charge in [0.25, 0.3) is 0 Å². The minimum Gasteiger partial charge on any atom is -0.484 e. The van der Waals surface area contributed by atoms with Gasteiger partial charge >= 0.3 is 0 Å². The smallest absolute Gasteiger partial charge is 0.164 e. The molecule has 4 atom stereocenters. The molecule has 140 valence electrons. The van der Waals surface area contributed by atoms with Crippen molar-refractivity contribution in [3.8, 4) is 11.5 Å². The van der Waals surface area contributed by atoms with E-state index in [9.17, 15) is 0 Å². The van der Waals surface area contributed by atoms with Gasteiger partial charge in [-0.3, -0.25) is 0 Å². The molecule has 0 amide bonds. The number of fused-ring (bicyclic) bond motifs is 1. The molecular weight excluding hydrogens is 404 g/mol. The number of allylic oxidation sites excluding steroid dienone is 1. The average molecular weight is 431 g/mol. The van der Waals surface area contributed by atoms with Crippen molar-refractivity contribution in [3.05, 3.63) is 10.2 Å². The van der Waals surface area contributed by atoms with E-state index in [1.807, 2.05) is 27.7 Å². The maximum atomic E-state index is 6.22. The van der Waals surface area contributed by atoms with E-state index in [4.69, 9.17) is 23.7 Å². The molecule has 0 unspecified atom stereocenters. The second-order valence-electron chi connectivity index (χ2n) is 8.65. The maximum Gasteiger partial charge on any atom is 0.164 e. The molecule has 0 aromatic rings. The topological polar surface area (TPSA) is 46.2 Å². The fraction of sp³-hybridized carbons (Fsp3) is 0.778. The molecule has 5 nitrogen and oxygen atoms in total. The minimum atomic E-state index is -1.49. The quantitative estimate of drug-likeness (QED) is 0.470. The van der Waals surface area contributed by atoms with E-state index >= 15 is 0 Å². The second-order valence-corrected chi connectivity index (χ2v) is 14.2. The van der Waals surface area contributed by atoms with Gasteiger partial charge in [-0.05, 0) is 43.6 Å². The summed E-state index contributed by atoms with van der Waals surface area (Å²) in [5, 5.41) is 0. The van der Waals surface area contributed by atoms with Crippen LogP contribution in [0.15, 0.2) is 10.2 Å². The van der Waals surface area contributed by atoms with Crippen molar-refractivity contribution in [1.82, 2.24) is 0 Å². The van der Waals surface area contributed by atoms with Crippen LogP contribution in [-0.2, 0) is 23.7 Å². The summed E-state index contributed by atoms with van der Waals surface area (Å²) in [5.74, 6) is 2.62. The van der Waals surface area contributed by atoms with Gasteiger partial charge in [-0.15, -0.1) is 5.54 Å². The van der Waals surface area contributed by atoms with Crippen LogP contribution in [0.1, 0.15) is 27.7 Å². The number of rotatable bonds is 1. The molecule has 0 radical (unpaired) electrons. The lowest BCUT2D eigenvalue weighted by Gasteiger charge is -2.26. The van der Waals surface area contributed by atoms with Gasteiger partial charge in [0, 0.05) is 0 Å². The summed E-state index contributed by atoms with van der Waals surface area (Å²) in [7, 11) is -1.49. The van der Waals surface area contributed by atoms with Gasteiger partial charge in [0.05, 0.1) is 6.61 Å². The molecule has 25 heavy (non-hydrogen) atoms. The lowest BCUT2D eigenvalue weighted by atomic mass is 10.1. The van der Waals surface area contributed by atoms with Gasteiger partial charge in [0.15, 0.2) is 23.4 Å². The van der Waals surface area contributed by atoms with Gasteiger partial charge < -0.3 is 23.7 Å². The summed E-state index contributed by atoms with van der Waals surface area (Å²) in [6.07, 6.45) is -1.03. The van der Waals surface area contributed by atoms with E-state index in [0.29, 0.717) is 12.4 Å². The minimum absolute atomic E-state index is 0.206. The fourth-order valence-electron chi connectivity index (χ4n) is 3.16. The van der Waals surface area contributed by atoms with Crippen LogP contribution in [0.25, 0.3) is 0 Å². The van der Waals surface area contributed by atoms with Crippen molar-refractivity contribution in [1.29, 1.82) is 0 Å². The SMILES string of the molecule is CC1(C)O[C@H]2[C@@H]([C@H]3COC(C)(C)O3)O/C(=C(/Br)C#C[Si](C)(C)C)[C@H]2O1. The molecule has 0 saturated carbocycles. The molecule has 3 aliphatic heterocycles. The van der Waals surface area contributed by atoms with E-state index in [1.54, 1.807) is 0 Å². The first kappa shape index (κ1) is 19.4. The van der Waals surface area contributed by atoms with Crippen LogP contribution in [0.3, 0.4) is 0 Å². The van der Waals surface area contributed by atoms with Crippen molar-refractivity contribution in [2.75, 3.05) is 6.61 Å². The predicted molar refractivity (Wildman–Crippen MR) is 101 cm³/mol. The molecule has 0 aromatic heterocycles. The van der Waals surface area contributed by atoms with E-state index in [1.165, 1.54) is 0 Å². The first-order valence-electron chi connectivity index (χ1n) is 8.64. The summed E-state index contributed by atoms with van der Waals surface area (Å²) in [6.45, 7) is 14.7. The lowest BCUT2D eigenvalue weighted by molar-refractivity contribution is -0.187. The molecule has 3 saturated heterocycles. The third-order valence-corrected chi connectivity index (χ3v) is 5.60. The Labute approximate surface area is 159 Å². The highest BCUT2D eigenvalue weighted by Crippen LogP contribution is 2.45. The van der Waals surface area contributed by atoms with E-state index in [0.717, 1.165) is 4.48 Å². The summed E-state index contributed by atoms with van der Waals surface area (Å²) in [6, 6.07) is 0. The van der Waals surface area contributed by atoms with Crippen LogP contribution in [0.4, 0.5) is 0 Å². The number of hydrogen-bond acceptors (Lipinski definition) is 5. The molecule has 3 heterocycles. The second kappa shape index (κ2) is 6.36. The third-order valence-electron chi connectivity index (χ3n) is 4.13. The van der Waals surface area contributed by atoms with Crippen molar-refractivity contribution in [2.24, 2.45) is 0 Å². The first-order chi connectivity index (χ1) is 11.4. The molecular formula is C18H27BrO5Si. The molecule has 0 aromatic carbocycles. The summed E-state index contributed by atoms with van der Waals surface area (Å²) in [4.78, 5) is 0. The van der Waals surface area contributed by atoms with Gasteiger partial charge in [-0.25, -0.2) is 0 Å². The lowest BCUT2D eigenvalue weighted by Crippen LogP contribution is -2.40. The zero-order valence-corrected chi connectivity index (χ0v) is 18.5. The fourth-order valence-corrected chi connectivity index (χ4v) is 4.26. The Morgan fingerprint density at radius 1 is 1.04 bits per heavy atom. The molecule has 0 spiro atoms. The average Bonchev–Trinajstić information content (AvgIpc) is 3.05. The van der Waals surface area contributed by atoms with Gasteiger partial charge in [0.1, 0.15) is 30.9 Å². The highest BCUT2D eigenvalue weighted by atomic mass is 79.9. The number of halogens is 1. The Morgan fingerprint density at radius 2 is 1.72 bits per heavy atom. The summed E-state index contributed by atoms with van der Waals surface area (Å²) >= 11 is 3.59. The zero-order chi connectivity index (χ0) is 18.6. The van der Waals surface area contributed by atoms with Crippen LogP contribution in [0.5, 0.6) is 0 Å². The van der Waals surface area contributed by atoms with Gasteiger partial charge in [-0.1, -0.05) is 25.6 Å².